The van der Waals surface area contributed by atoms with E-state index in [0.29, 0.717) is 30.3 Å². The Kier molecular flexibility index (Phi) is 7.12. The lowest BCUT2D eigenvalue weighted by atomic mass is 9.74. The van der Waals surface area contributed by atoms with Gasteiger partial charge >= 0.3 is 0 Å². The minimum Gasteiger partial charge on any atom is -0.486 e. The van der Waals surface area contributed by atoms with E-state index in [-0.39, 0.29) is 49.8 Å². The molecule has 8 heteroatoms. The van der Waals surface area contributed by atoms with E-state index in [4.69, 9.17) is 14.2 Å². The highest BCUT2D eigenvalue weighted by Gasteiger charge is 2.54. The van der Waals surface area contributed by atoms with E-state index in [1.807, 2.05) is 56.3 Å². The standard InChI is InChI=1S/C27H32N2O6/c1-18-7-5-6-8-21(18)27(17-25(31)29(26(27)32)11-12-33-4)16-24(30)28(3)19(2)20-9-10-22-23(15-20)35-14-13-34-22/h5-10,15,19H,11-14,16-17H2,1-4H3/t19-,27+/m1/s1. The molecule has 2 aliphatic rings. The van der Waals surface area contributed by atoms with Crippen LogP contribution in [0.4, 0.5) is 0 Å². The average molecular weight is 481 g/mol. The number of imide groups is 1. The van der Waals surface area contributed by atoms with Crippen LogP contribution in [0.5, 0.6) is 11.5 Å². The van der Waals surface area contributed by atoms with Crippen LogP contribution in [0.1, 0.15) is 42.5 Å². The summed E-state index contributed by atoms with van der Waals surface area (Å²) in [7, 11) is 3.25. The molecule has 2 aromatic carbocycles. The number of aryl methyl sites for hydroxylation is 1. The second-order valence-corrected chi connectivity index (χ2v) is 9.18. The van der Waals surface area contributed by atoms with Crippen molar-refractivity contribution >= 4 is 17.7 Å². The number of ether oxygens (including phenoxy) is 3. The molecule has 35 heavy (non-hydrogen) atoms. The van der Waals surface area contributed by atoms with E-state index < -0.39 is 5.41 Å². The highest BCUT2D eigenvalue weighted by Crippen LogP contribution is 2.42. The molecule has 8 nitrogen and oxygen atoms in total. The van der Waals surface area contributed by atoms with Crippen molar-refractivity contribution in [1.82, 2.24) is 9.80 Å². The van der Waals surface area contributed by atoms with Gasteiger partial charge in [0, 0.05) is 27.0 Å². The Morgan fingerprint density at radius 1 is 1.14 bits per heavy atom. The summed E-state index contributed by atoms with van der Waals surface area (Å²) in [5.74, 6) is 0.493. The monoisotopic (exact) mass is 480 g/mol. The Labute approximate surface area is 205 Å². The molecule has 3 amide bonds. The van der Waals surface area contributed by atoms with Crippen molar-refractivity contribution in [3.05, 3.63) is 59.2 Å². The maximum atomic E-state index is 13.7. The van der Waals surface area contributed by atoms with Crippen LogP contribution in [-0.4, -0.2) is 68.0 Å². The van der Waals surface area contributed by atoms with E-state index in [0.717, 1.165) is 11.1 Å². The summed E-state index contributed by atoms with van der Waals surface area (Å²) in [5.41, 5.74) is 1.24. The van der Waals surface area contributed by atoms with Crippen LogP contribution in [0, 0.1) is 6.92 Å². The second kappa shape index (κ2) is 10.1. The minimum absolute atomic E-state index is 0.0433. The molecule has 1 saturated heterocycles. The van der Waals surface area contributed by atoms with Crippen LogP contribution in [0.3, 0.4) is 0 Å². The van der Waals surface area contributed by atoms with Gasteiger partial charge in [0.1, 0.15) is 13.2 Å². The number of carbonyl (C=O) groups excluding carboxylic acids is 3. The van der Waals surface area contributed by atoms with E-state index in [1.54, 1.807) is 11.9 Å². The lowest BCUT2D eigenvalue weighted by Crippen LogP contribution is -2.44. The van der Waals surface area contributed by atoms with Crippen LogP contribution in [0.2, 0.25) is 0 Å². The predicted octanol–water partition coefficient (Wildman–Crippen LogP) is 3.02. The number of fused-ring (bicyclic) bond motifs is 1. The molecule has 0 aliphatic carbocycles. The zero-order chi connectivity index (χ0) is 25.2. The molecule has 0 aromatic heterocycles. The lowest BCUT2D eigenvalue weighted by Gasteiger charge is -2.33. The molecule has 1 fully saturated rings. The number of methoxy groups -OCH3 is 1. The van der Waals surface area contributed by atoms with Gasteiger partial charge in [0.05, 0.1) is 24.6 Å². The third-order valence-electron chi connectivity index (χ3n) is 7.06. The molecule has 2 atom stereocenters. The summed E-state index contributed by atoms with van der Waals surface area (Å²) in [6.45, 7) is 5.23. The summed E-state index contributed by atoms with van der Waals surface area (Å²) in [4.78, 5) is 43.1. The molecule has 0 saturated carbocycles. The number of nitrogens with zero attached hydrogens (tertiary/aromatic N) is 2. The number of hydrogen-bond donors (Lipinski definition) is 0. The first kappa shape index (κ1) is 24.7. The Morgan fingerprint density at radius 3 is 2.57 bits per heavy atom. The van der Waals surface area contributed by atoms with Gasteiger partial charge in [0.15, 0.2) is 11.5 Å². The van der Waals surface area contributed by atoms with Crippen molar-refractivity contribution in [2.75, 3.05) is 40.5 Å². The fraction of sp³-hybridized carbons (Fsp3) is 0.444. The summed E-state index contributed by atoms with van der Waals surface area (Å²) in [6.07, 6.45) is -0.143. The first-order chi connectivity index (χ1) is 16.8. The second-order valence-electron chi connectivity index (χ2n) is 9.18. The van der Waals surface area contributed by atoms with Crippen LogP contribution in [-0.2, 0) is 24.5 Å². The van der Waals surface area contributed by atoms with E-state index >= 15 is 0 Å². The zero-order valence-electron chi connectivity index (χ0n) is 20.7. The molecular weight excluding hydrogens is 448 g/mol. The fourth-order valence-corrected chi connectivity index (χ4v) is 4.91. The van der Waals surface area contributed by atoms with Crippen molar-refractivity contribution in [2.24, 2.45) is 0 Å². The first-order valence-electron chi connectivity index (χ1n) is 11.8. The Balaban J connectivity index is 1.62. The molecule has 0 radical (unpaired) electrons. The lowest BCUT2D eigenvalue weighted by molar-refractivity contribution is -0.143. The number of carbonyl (C=O) groups is 3. The Bertz CT molecular complexity index is 1130. The largest absolute Gasteiger partial charge is 0.486 e. The van der Waals surface area contributed by atoms with Gasteiger partial charge in [0.25, 0.3) is 0 Å². The highest BCUT2D eigenvalue weighted by atomic mass is 16.6. The number of amides is 3. The normalized spacial score (nSPS) is 20.2. The van der Waals surface area contributed by atoms with Crippen LogP contribution < -0.4 is 9.47 Å². The van der Waals surface area contributed by atoms with Gasteiger partial charge in [-0.15, -0.1) is 0 Å². The summed E-state index contributed by atoms with van der Waals surface area (Å²) in [5, 5.41) is 0. The molecule has 2 heterocycles. The fourth-order valence-electron chi connectivity index (χ4n) is 4.91. The van der Waals surface area contributed by atoms with Gasteiger partial charge in [0.2, 0.25) is 17.7 Å². The Morgan fingerprint density at radius 2 is 1.86 bits per heavy atom. The van der Waals surface area contributed by atoms with Crippen LogP contribution >= 0.6 is 0 Å². The van der Waals surface area contributed by atoms with Crippen molar-refractivity contribution in [1.29, 1.82) is 0 Å². The summed E-state index contributed by atoms with van der Waals surface area (Å²) in [6, 6.07) is 12.8. The number of benzene rings is 2. The highest BCUT2D eigenvalue weighted by molar-refractivity contribution is 6.11. The van der Waals surface area contributed by atoms with Crippen molar-refractivity contribution in [3.8, 4) is 11.5 Å². The SMILES string of the molecule is COCCN1C(=O)C[C@@](CC(=O)N(C)[C@H](C)c2ccc3c(c2)OCCO3)(c2ccccc2C)C1=O. The van der Waals surface area contributed by atoms with Crippen molar-refractivity contribution in [3.63, 3.8) is 0 Å². The zero-order valence-corrected chi connectivity index (χ0v) is 20.7. The summed E-state index contributed by atoms with van der Waals surface area (Å²) < 4.78 is 16.4. The molecular formula is C27H32N2O6. The van der Waals surface area contributed by atoms with Gasteiger partial charge in [-0.1, -0.05) is 30.3 Å². The van der Waals surface area contributed by atoms with Crippen LogP contribution in [0.15, 0.2) is 42.5 Å². The van der Waals surface area contributed by atoms with E-state index in [1.165, 1.54) is 12.0 Å². The molecule has 0 unspecified atom stereocenters. The van der Waals surface area contributed by atoms with E-state index in [2.05, 4.69) is 0 Å². The topological polar surface area (TPSA) is 85.4 Å². The van der Waals surface area contributed by atoms with Crippen molar-refractivity contribution < 1.29 is 28.6 Å². The summed E-state index contributed by atoms with van der Waals surface area (Å²) >= 11 is 0. The molecule has 2 aromatic rings. The quantitative estimate of drug-likeness (QED) is 0.540. The number of hydrogen-bond acceptors (Lipinski definition) is 6. The van der Waals surface area contributed by atoms with Crippen LogP contribution in [0.25, 0.3) is 0 Å². The first-order valence-corrected chi connectivity index (χ1v) is 11.8. The molecule has 0 bridgehead atoms. The Hall–Kier alpha value is -3.39. The van der Waals surface area contributed by atoms with E-state index in [9.17, 15) is 14.4 Å². The number of rotatable bonds is 8. The third-order valence-corrected chi connectivity index (χ3v) is 7.06. The van der Waals surface area contributed by atoms with Gasteiger partial charge < -0.3 is 19.1 Å². The molecule has 0 N–H and O–H groups in total. The number of likely N-dealkylation sites (tertiary alicyclic amines) is 1. The maximum Gasteiger partial charge on any atom is 0.240 e. The third kappa shape index (κ3) is 4.62. The maximum absolute atomic E-state index is 13.7. The minimum atomic E-state index is -1.24. The molecule has 2 aliphatic heterocycles. The molecule has 4 rings (SSSR count). The molecule has 0 spiro atoms. The van der Waals surface area contributed by atoms with Gasteiger partial charge in [-0.3, -0.25) is 19.3 Å². The average Bonchev–Trinajstić information content (AvgIpc) is 3.10. The smallest absolute Gasteiger partial charge is 0.240 e. The van der Waals surface area contributed by atoms with Gasteiger partial charge in [-0.05, 0) is 42.7 Å². The van der Waals surface area contributed by atoms with Crippen molar-refractivity contribution in [2.45, 2.75) is 38.1 Å². The van der Waals surface area contributed by atoms with Gasteiger partial charge in [-0.25, -0.2) is 0 Å². The van der Waals surface area contributed by atoms with Gasteiger partial charge in [-0.2, -0.15) is 0 Å². The predicted molar refractivity (Wildman–Crippen MR) is 129 cm³/mol. The molecule has 186 valence electrons.